The Hall–Kier alpha value is -0.0400. The number of ether oxygens (including phenoxy) is 1. The third-order valence-corrected chi connectivity index (χ3v) is 4.40. The fourth-order valence-corrected chi connectivity index (χ4v) is 3.17. The van der Waals surface area contributed by atoms with Crippen LogP contribution in [0.25, 0.3) is 0 Å². The Morgan fingerprint density at radius 1 is 1.33 bits per heavy atom. The predicted octanol–water partition coefficient (Wildman–Crippen LogP) is 3.36. The number of nitrogens with one attached hydrogen (secondary N) is 1. The van der Waals surface area contributed by atoms with Crippen LogP contribution in [0.2, 0.25) is 0 Å². The molecule has 21 heavy (non-hydrogen) atoms. The van der Waals surface area contributed by atoms with E-state index in [4.69, 9.17) is 4.74 Å². The van der Waals surface area contributed by atoms with Crippen molar-refractivity contribution in [2.45, 2.75) is 46.5 Å². The Morgan fingerprint density at radius 3 is 2.62 bits per heavy atom. The molecule has 0 amide bonds. The van der Waals surface area contributed by atoms with E-state index in [2.05, 4.69) is 29.1 Å². The summed E-state index contributed by atoms with van der Waals surface area (Å²) in [5, 5.41) is 3.46. The van der Waals surface area contributed by atoms with Crippen LogP contribution in [0.3, 0.4) is 0 Å². The molecule has 0 spiro atoms. The molecule has 1 aliphatic rings. The molecule has 1 rings (SSSR count). The first-order valence-electron chi connectivity index (χ1n) is 8.30. The molecular formula is C16H34IN3O. The predicted molar refractivity (Wildman–Crippen MR) is 102 cm³/mol. The summed E-state index contributed by atoms with van der Waals surface area (Å²) in [6.45, 7) is 11.6. The minimum Gasteiger partial charge on any atom is -0.382 e. The lowest BCUT2D eigenvalue weighted by Gasteiger charge is -2.24. The summed E-state index contributed by atoms with van der Waals surface area (Å²) >= 11 is 0. The fraction of sp³-hybridized carbons (Fsp3) is 0.938. The molecule has 0 aromatic carbocycles. The van der Waals surface area contributed by atoms with Gasteiger partial charge in [-0.05, 0) is 31.6 Å². The number of guanidine groups is 1. The molecule has 1 N–H and O–H groups in total. The van der Waals surface area contributed by atoms with Crippen LogP contribution in [0.15, 0.2) is 4.99 Å². The molecule has 0 aliphatic carbocycles. The molecule has 126 valence electrons. The van der Waals surface area contributed by atoms with Crippen LogP contribution in [-0.2, 0) is 4.74 Å². The highest BCUT2D eigenvalue weighted by Gasteiger charge is 2.29. The molecule has 1 fully saturated rings. The molecular weight excluding hydrogens is 377 g/mol. The van der Waals surface area contributed by atoms with Gasteiger partial charge in [0.15, 0.2) is 5.96 Å². The van der Waals surface area contributed by atoms with E-state index < -0.39 is 0 Å². The molecule has 0 radical (unpaired) electrons. The molecule has 0 saturated carbocycles. The SMILES string of the molecule is CCOCCCNC(=NC)N1CCC(C(CC)CC)C1.I. The zero-order valence-electron chi connectivity index (χ0n) is 14.2. The summed E-state index contributed by atoms with van der Waals surface area (Å²) in [7, 11) is 1.88. The van der Waals surface area contributed by atoms with Gasteiger partial charge in [0.2, 0.25) is 0 Å². The highest BCUT2D eigenvalue weighted by molar-refractivity contribution is 14.0. The second-order valence-electron chi connectivity index (χ2n) is 5.60. The van der Waals surface area contributed by atoms with E-state index >= 15 is 0 Å². The largest absolute Gasteiger partial charge is 0.382 e. The number of hydrogen-bond donors (Lipinski definition) is 1. The standard InChI is InChI=1S/C16H33N3O.HI/c1-5-14(6-2)15-9-11-19(13-15)16(17-4)18-10-8-12-20-7-3;/h14-15H,5-13H2,1-4H3,(H,17,18);1H. The average molecular weight is 411 g/mol. The highest BCUT2D eigenvalue weighted by atomic mass is 127. The van der Waals surface area contributed by atoms with Crippen LogP contribution in [0, 0.1) is 11.8 Å². The van der Waals surface area contributed by atoms with E-state index in [1.54, 1.807) is 0 Å². The molecule has 1 saturated heterocycles. The van der Waals surface area contributed by atoms with Gasteiger partial charge in [-0.2, -0.15) is 0 Å². The van der Waals surface area contributed by atoms with Gasteiger partial charge in [-0.25, -0.2) is 0 Å². The number of hydrogen-bond acceptors (Lipinski definition) is 2. The van der Waals surface area contributed by atoms with E-state index in [9.17, 15) is 0 Å². The van der Waals surface area contributed by atoms with Gasteiger partial charge >= 0.3 is 0 Å². The van der Waals surface area contributed by atoms with Gasteiger partial charge < -0.3 is 15.0 Å². The topological polar surface area (TPSA) is 36.9 Å². The van der Waals surface area contributed by atoms with Crippen molar-refractivity contribution in [2.75, 3.05) is 39.9 Å². The Bertz CT molecular complexity index is 283. The number of likely N-dealkylation sites (tertiary alicyclic amines) is 1. The van der Waals surface area contributed by atoms with Crippen molar-refractivity contribution < 1.29 is 4.74 Å². The van der Waals surface area contributed by atoms with Gasteiger partial charge in [0, 0.05) is 39.9 Å². The van der Waals surface area contributed by atoms with E-state index in [0.717, 1.165) is 57.1 Å². The molecule has 1 atom stereocenters. The Kier molecular flexibility index (Phi) is 12.5. The first-order valence-corrected chi connectivity index (χ1v) is 8.30. The third kappa shape index (κ3) is 7.17. The molecule has 4 nitrogen and oxygen atoms in total. The van der Waals surface area contributed by atoms with Gasteiger partial charge in [0.25, 0.3) is 0 Å². The van der Waals surface area contributed by atoms with Crippen molar-refractivity contribution in [3.63, 3.8) is 0 Å². The van der Waals surface area contributed by atoms with Gasteiger partial charge in [-0.3, -0.25) is 4.99 Å². The maximum absolute atomic E-state index is 5.36. The lowest BCUT2D eigenvalue weighted by Crippen LogP contribution is -2.41. The van der Waals surface area contributed by atoms with E-state index in [1.807, 2.05) is 14.0 Å². The van der Waals surface area contributed by atoms with Gasteiger partial charge in [-0.1, -0.05) is 26.7 Å². The molecule has 0 bridgehead atoms. The first-order chi connectivity index (χ1) is 9.76. The Morgan fingerprint density at radius 2 is 2.05 bits per heavy atom. The van der Waals surface area contributed by atoms with Crippen molar-refractivity contribution >= 4 is 29.9 Å². The van der Waals surface area contributed by atoms with Crippen LogP contribution in [0.4, 0.5) is 0 Å². The summed E-state index contributed by atoms with van der Waals surface area (Å²) in [5.74, 6) is 2.78. The summed E-state index contributed by atoms with van der Waals surface area (Å²) in [6.07, 6.45) is 4.95. The van der Waals surface area contributed by atoms with Crippen LogP contribution >= 0.6 is 24.0 Å². The number of nitrogens with zero attached hydrogens (tertiary/aromatic N) is 2. The maximum atomic E-state index is 5.36. The molecule has 0 aromatic rings. The summed E-state index contributed by atoms with van der Waals surface area (Å²) in [5.41, 5.74) is 0. The molecule has 5 heteroatoms. The average Bonchev–Trinajstić information content (AvgIpc) is 2.94. The van der Waals surface area contributed by atoms with Crippen LogP contribution in [-0.4, -0.2) is 50.8 Å². The van der Waals surface area contributed by atoms with Gasteiger partial charge in [0.1, 0.15) is 0 Å². The highest BCUT2D eigenvalue weighted by Crippen LogP contribution is 2.28. The van der Waals surface area contributed by atoms with Crippen LogP contribution in [0.5, 0.6) is 0 Å². The summed E-state index contributed by atoms with van der Waals surface area (Å²) in [4.78, 5) is 6.84. The quantitative estimate of drug-likeness (QED) is 0.288. The Balaban J connectivity index is 0.00000400. The van der Waals surface area contributed by atoms with Gasteiger partial charge in [0.05, 0.1) is 0 Å². The summed E-state index contributed by atoms with van der Waals surface area (Å²) in [6, 6.07) is 0. The second kappa shape index (κ2) is 12.5. The zero-order chi connectivity index (χ0) is 14.8. The van der Waals surface area contributed by atoms with Crippen LogP contribution < -0.4 is 5.32 Å². The van der Waals surface area contributed by atoms with Crippen molar-refractivity contribution in [3.8, 4) is 0 Å². The van der Waals surface area contributed by atoms with E-state index in [-0.39, 0.29) is 24.0 Å². The monoisotopic (exact) mass is 411 g/mol. The number of rotatable bonds is 8. The molecule has 1 aliphatic heterocycles. The fourth-order valence-electron chi connectivity index (χ4n) is 3.17. The minimum absolute atomic E-state index is 0. The molecule has 1 unspecified atom stereocenters. The normalized spacial score (nSPS) is 19.0. The van der Waals surface area contributed by atoms with Crippen molar-refractivity contribution in [1.29, 1.82) is 0 Å². The lowest BCUT2D eigenvalue weighted by molar-refractivity contribution is 0.145. The molecule has 1 heterocycles. The Labute approximate surface area is 148 Å². The van der Waals surface area contributed by atoms with Crippen molar-refractivity contribution in [3.05, 3.63) is 0 Å². The van der Waals surface area contributed by atoms with E-state index in [1.165, 1.54) is 19.3 Å². The van der Waals surface area contributed by atoms with Crippen LogP contribution in [0.1, 0.15) is 46.5 Å². The lowest BCUT2D eigenvalue weighted by atomic mass is 9.87. The zero-order valence-corrected chi connectivity index (χ0v) is 16.6. The van der Waals surface area contributed by atoms with Gasteiger partial charge in [-0.15, -0.1) is 24.0 Å². The number of aliphatic imine (C=N–C) groups is 1. The molecule has 0 aromatic heterocycles. The third-order valence-electron chi connectivity index (χ3n) is 4.40. The summed E-state index contributed by atoms with van der Waals surface area (Å²) < 4.78 is 5.36. The van der Waals surface area contributed by atoms with Crippen molar-refractivity contribution in [2.24, 2.45) is 16.8 Å². The maximum Gasteiger partial charge on any atom is 0.193 e. The smallest absolute Gasteiger partial charge is 0.193 e. The second-order valence-corrected chi connectivity index (χ2v) is 5.60. The minimum atomic E-state index is 0. The van der Waals surface area contributed by atoms with E-state index in [0.29, 0.717) is 0 Å². The first kappa shape index (κ1) is 21.0. The van der Waals surface area contributed by atoms with Crippen molar-refractivity contribution in [1.82, 2.24) is 10.2 Å². The number of halogens is 1.